The molecule has 0 spiro atoms. The minimum absolute atomic E-state index is 0.267. The molecule has 1 aromatic carbocycles. The number of rotatable bonds is 9. The quantitative estimate of drug-likeness (QED) is 0.617. The number of nitrogens with one attached hydrogen (secondary N) is 1. The van der Waals surface area contributed by atoms with Crippen LogP contribution in [0.5, 0.6) is 5.75 Å². The van der Waals surface area contributed by atoms with E-state index in [0.29, 0.717) is 24.5 Å². The normalized spacial score (nSPS) is 10.0. The third kappa shape index (κ3) is 6.35. The Morgan fingerprint density at radius 1 is 1.26 bits per heavy atom. The molecule has 8 nitrogen and oxygen atoms in total. The first-order chi connectivity index (χ1) is 11.0. The second-order valence-corrected chi connectivity index (χ2v) is 4.48. The molecule has 0 radical (unpaired) electrons. The van der Waals surface area contributed by atoms with Gasteiger partial charge in [0, 0.05) is 12.2 Å². The van der Waals surface area contributed by atoms with E-state index in [2.05, 4.69) is 5.32 Å². The van der Waals surface area contributed by atoms with Crippen molar-refractivity contribution in [3.05, 3.63) is 29.3 Å². The summed E-state index contributed by atoms with van der Waals surface area (Å²) >= 11 is 0. The maximum absolute atomic E-state index is 11.9. The summed E-state index contributed by atoms with van der Waals surface area (Å²) < 4.78 is 15.4. The maximum atomic E-state index is 11.9. The highest BCUT2D eigenvalue weighted by atomic mass is 16.5. The lowest BCUT2D eigenvalue weighted by Crippen LogP contribution is -2.35. The molecule has 0 bridgehead atoms. The van der Waals surface area contributed by atoms with Gasteiger partial charge in [-0.2, -0.15) is 0 Å². The summed E-state index contributed by atoms with van der Waals surface area (Å²) in [5, 5.41) is 2.22. The summed E-state index contributed by atoms with van der Waals surface area (Å²) in [6.45, 7) is 1.86. The number of carbonyl (C=O) groups is 3. The molecule has 3 N–H and O–H groups in total. The molecule has 0 saturated carbocycles. The fourth-order valence-corrected chi connectivity index (χ4v) is 1.68. The first-order valence-electron chi connectivity index (χ1n) is 6.94. The molecule has 0 unspecified atom stereocenters. The van der Waals surface area contributed by atoms with Crippen molar-refractivity contribution in [1.82, 2.24) is 5.32 Å². The van der Waals surface area contributed by atoms with Crippen LogP contribution < -0.4 is 15.8 Å². The maximum Gasteiger partial charge on any atom is 0.338 e. The van der Waals surface area contributed by atoms with Gasteiger partial charge in [-0.15, -0.1) is 0 Å². The van der Waals surface area contributed by atoms with Gasteiger partial charge in [0.25, 0.3) is 5.91 Å². The van der Waals surface area contributed by atoms with E-state index in [1.54, 1.807) is 12.1 Å². The SMILES string of the molecule is CCOCc1cc(C(=O)OCC(=O)NCC(N)=O)ccc1OC. The molecule has 0 saturated heterocycles. The molecule has 0 aliphatic heterocycles. The molecule has 0 aliphatic carbocycles. The summed E-state index contributed by atoms with van der Waals surface area (Å²) in [6, 6.07) is 4.73. The molecule has 0 aromatic heterocycles. The zero-order valence-electron chi connectivity index (χ0n) is 13.1. The Morgan fingerprint density at radius 2 is 2.00 bits per heavy atom. The highest BCUT2D eigenvalue weighted by Gasteiger charge is 2.13. The summed E-state index contributed by atoms with van der Waals surface area (Å²) in [6.07, 6.45) is 0. The van der Waals surface area contributed by atoms with Crippen molar-refractivity contribution >= 4 is 17.8 Å². The Balaban J connectivity index is 2.65. The van der Waals surface area contributed by atoms with Gasteiger partial charge >= 0.3 is 5.97 Å². The molecule has 23 heavy (non-hydrogen) atoms. The highest BCUT2D eigenvalue weighted by molar-refractivity contribution is 5.92. The number of hydrogen-bond donors (Lipinski definition) is 2. The first kappa shape index (κ1) is 18.4. The van der Waals surface area contributed by atoms with E-state index in [-0.39, 0.29) is 12.1 Å². The molecule has 0 fully saturated rings. The number of carbonyl (C=O) groups excluding carboxylic acids is 3. The van der Waals surface area contributed by atoms with Gasteiger partial charge in [0.2, 0.25) is 5.91 Å². The standard InChI is InChI=1S/C15H20N2O6/c1-3-22-8-11-6-10(4-5-12(11)21-2)15(20)23-9-14(19)17-7-13(16)18/h4-6H,3,7-9H2,1-2H3,(H2,16,18)(H,17,19). The summed E-state index contributed by atoms with van der Waals surface area (Å²) in [5.74, 6) is -1.37. The van der Waals surface area contributed by atoms with Gasteiger partial charge in [0.05, 0.1) is 25.8 Å². The highest BCUT2D eigenvalue weighted by Crippen LogP contribution is 2.21. The van der Waals surface area contributed by atoms with E-state index in [1.807, 2.05) is 6.92 Å². The number of hydrogen-bond acceptors (Lipinski definition) is 6. The molecule has 8 heteroatoms. The zero-order valence-corrected chi connectivity index (χ0v) is 13.1. The smallest absolute Gasteiger partial charge is 0.338 e. The molecular formula is C15H20N2O6. The third-order valence-electron chi connectivity index (χ3n) is 2.77. The second-order valence-electron chi connectivity index (χ2n) is 4.48. The van der Waals surface area contributed by atoms with Crippen LogP contribution in [-0.2, 0) is 25.7 Å². The van der Waals surface area contributed by atoms with E-state index in [0.717, 1.165) is 0 Å². The lowest BCUT2D eigenvalue weighted by Gasteiger charge is -2.11. The number of methoxy groups -OCH3 is 1. The first-order valence-corrected chi connectivity index (χ1v) is 6.94. The minimum Gasteiger partial charge on any atom is -0.496 e. The Morgan fingerprint density at radius 3 is 2.61 bits per heavy atom. The second kappa shape index (κ2) is 9.42. The fourth-order valence-electron chi connectivity index (χ4n) is 1.68. The van der Waals surface area contributed by atoms with E-state index < -0.39 is 24.4 Å². The number of ether oxygens (including phenoxy) is 3. The fraction of sp³-hybridized carbons (Fsp3) is 0.400. The molecule has 0 aliphatic rings. The average Bonchev–Trinajstić information content (AvgIpc) is 2.55. The summed E-state index contributed by atoms with van der Waals surface area (Å²) in [4.78, 5) is 33.8. The van der Waals surface area contributed by atoms with Crippen LogP contribution in [0.1, 0.15) is 22.8 Å². The number of esters is 1. The molecule has 1 rings (SSSR count). The number of amides is 2. The van der Waals surface area contributed by atoms with E-state index in [9.17, 15) is 14.4 Å². The van der Waals surface area contributed by atoms with Crippen molar-refractivity contribution in [2.24, 2.45) is 5.73 Å². The molecular weight excluding hydrogens is 304 g/mol. The van der Waals surface area contributed by atoms with Crippen molar-refractivity contribution in [2.45, 2.75) is 13.5 Å². The Kier molecular flexibility index (Phi) is 7.55. The molecule has 126 valence electrons. The predicted molar refractivity (Wildman–Crippen MR) is 80.8 cm³/mol. The van der Waals surface area contributed by atoms with Crippen LogP contribution in [-0.4, -0.2) is 44.7 Å². The molecule has 2 amide bonds. The number of nitrogens with two attached hydrogens (primary N) is 1. The van der Waals surface area contributed by atoms with Crippen LogP contribution in [0.15, 0.2) is 18.2 Å². The van der Waals surface area contributed by atoms with Crippen molar-refractivity contribution in [2.75, 3.05) is 26.9 Å². The summed E-state index contributed by atoms with van der Waals surface area (Å²) in [5.41, 5.74) is 5.85. The van der Waals surface area contributed by atoms with Crippen molar-refractivity contribution in [3.63, 3.8) is 0 Å². The van der Waals surface area contributed by atoms with Gasteiger partial charge in [-0.3, -0.25) is 9.59 Å². The lowest BCUT2D eigenvalue weighted by molar-refractivity contribution is -0.127. The van der Waals surface area contributed by atoms with Crippen molar-refractivity contribution in [1.29, 1.82) is 0 Å². The van der Waals surface area contributed by atoms with Crippen molar-refractivity contribution in [3.8, 4) is 5.75 Å². The van der Waals surface area contributed by atoms with E-state index >= 15 is 0 Å². The average molecular weight is 324 g/mol. The van der Waals surface area contributed by atoms with Crippen LogP contribution >= 0.6 is 0 Å². The van der Waals surface area contributed by atoms with Crippen LogP contribution in [0.25, 0.3) is 0 Å². The van der Waals surface area contributed by atoms with Crippen LogP contribution in [0.2, 0.25) is 0 Å². The van der Waals surface area contributed by atoms with Gasteiger partial charge in [-0.25, -0.2) is 4.79 Å². The van der Waals surface area contributed by atoms with Gasteiger partial charge in [-0.05, 0) is 25.1 Å². The van der Waals surface area contributed by atoms with Crippen LogP contribution in [0.4, 0.5) is 0 Å². The van der Waals surface area contributed by atoms with E-state index in [1.165, 1.54) is 13.2 Å². The zero-order chi connectivity index (χ0) is 17.2. The predicted octanol–water partition coefficient (Wildman–Crippen LogP) is -0.01000. The minimum atomic E-state index is -0.680. The molecule has 1 aromatic rings. The third-order valence-corrected chi connectivity index (χ3v) is 2.77. The van der Waals surface area contributed by atoms with E-state index in [4.69, 9.17) is 19.9 Å². The monoisotopic (exact) mass is 324 g/mol. The van der Waals surface area contributed by atoms with Gasteiger partial charge in [0.1, 0.15) is 5.75 Å². The molecule has 0 atom stereocenters. The number of benzene rings is 1. The molecule has 0 heterocycles. The van der Waals surface area contributed by atoms with Crippen molar-refractivity contribution < 1.29 is 28.6 Å². The van der Waals surface area contributed by atoms with Gasteiger partial charge < -0.3 is 25.3 Å². The Labute approximate surface area is 133 Å². The topological polar surface area (TPSA) is 117 Å². The summed E-state index contributed by atoms with van der Waals surface area (Å²) in [7, 11) is 1.52. The largest absolute Gasteiger partial charge is 0.496 e. The lowest BCUT2D eigenvalue weighted by atomic mass is 10.1. The Bertz CT molecular complexity index is 573. The van der Waals surface area contributed by atoms with Crippen LogP contribution in [0, 0.1) is 0 Å². The Hall–Kier alpha value is -2.61. The van der Waals surface area contributed by atoms with Crippen LogP contribution in [0.3, 0.4) is 0 Å². The van der Waals surface area contributed by atoms with Gasteiger partial charge in [0.15, 0.2) is 6.61 Å². The van der Waals surface area contributed by atoms with Gasteiger partial charge in [-0.1, -0.05) is 0 Å². The number of primary amides is 1.